The number of carbonyl (C=O) groups excluding carboxylic acids is 2. The predicted octanol–water partition coefficient (Wildman–Crippen LogP) is 5.51. The summed E-state index contributed by atoms with van der Waals surface area (Å²) < 4.78 is 38.3. The van der Waals surface area contributed by atoms with Crippen LogP contribution in [-0.4, -0.2) is 36.6 Å². The molecule has 1 fully saturated rings. The average Bonchev–Trinajstić information content (AvgIpc) is 3.81. The van der Waals surface area contributed by atoms with Crippen molar-refractivity contribution in [2.24, 2.45) is 5.41 Å². The molecular formula is C31H25FN4O6. The largest absolute Gasteiger partial charge is 0.485 e. The summed E-state index contributed by atoms with van der Waals surface area (Å²) in [7, 11) is 0. The molecule has 42 heavy (non-hydrogen) atoms. The Morgan fingerprint density at radius 1 is 0.952 bits per heavy atom. The van der Waals surface area contributed by atoms with E-state index in [0.29, 0.717) is 46.7 Å². The van der Waals surface area contributed by atoms with Gasteiger partial charge >= 0.3 is 0 Å². The van der Waals surface area contributed by atoms with Crippen LogP contribution in [0.3, 0.4) is 0 Å². The second-order valence-electron chi connectivity index (χ2n) is 9.98. The number of fused-ring (bicyclic) bond motifs is 3. The van der Waals surface area contributed by atoms with Crippen molar-refractivity contribution in [3.63, 3.8) is 0 Å². The lowest BCUT2D eigenvalue weighted by molar-refractivity contribution is -0.131. The van der Waals surface area contributed by atoms with E-state index in [1.807, 2.05) is 25.1 Å². The van der Waals surface area contributed by atoms with Crippen LogP contribution in [0.1, 0.15) is 18.4 Å². The van der Waals surface area contributed by atoms with Crippen LogP contribution in [-0.2, 0) is 9.59 Å². The summed E-state index contributed by atoms with van der Waals surface area (Å²) >= 11 is 0. The Balaban J connectivity index is 1.21. The third-order valence-corrected chi connectivity index (χ3v) is 7.07. The molecule has 2 amide bonds. The van der Waals surface area contributed by atoms with Crippen LogP contribution in [0, 0.1) is 29.5 Å². The maximum atomic E-state index is 15.2. The smallest absolute Gasteiger partial charge is 0.240 e. The molecule has 1 aromatic heterocycles. The molecule has 0 atom stereocenters. The van der Waals surface area contributed by atoms with Gasteiger partial charge in [-0.1, -0.05) is 17.7 Å². The molecule has 2 heterocycles. The Labute approximate surface area is 240 Å². The first-order valence-electron chi connectivity index (χ1n) is 13.3. The van der Waals surface area contributed by atoms with Crippen molar-refractivity contribution in [3.8, 4) is 34.8 Å². The maximum absolute atomic E-state index is 15.2. The lowest BCUT2D eigenvalue weighted by Crippen LogP contribution is -2.35. The highest BCUT2D eigenvalue weighted by molar-refractivity contribution is 6.16. The molecule has 1 aliphatic carbocycles. The molecule has 0 radical (unpaired) electrons. The number of aryl methyl sites for hydroxylation is 1. The van der Waals surface area contributed by atoms with Crippen LogP contribution >= 0.6 is 0 Å². The van der Waals surface area contributed by atoms with E-state index in [0.717, 1.165) is 11.6 Å². The molecule has 0 bridgehead atoms. The van der Waals surface area contributed by atoms with Crippen LogP contribution in [0.2, 0.25) is 0 Å². The van der Waals surface area contributed by atoms with Crippen LogP contribution in [0.15, 0.2) is 60.8 Å². The molecule has 11 heteroatoms. The SMILES string of the molecule is Cc1ccc(NC(=O)C2(C(=O)Nc3ccc(Oc4ccnc5cc(OCC#N)c6c(c45)OCCO6)c(F)c3)CC2)cc1. The molecule has 4 aromatic rings. The van der Waals surface area contributed by atoms with Crippen molar-refractivity contribution in [2.75, 3.05) is 30.5 Å². The van der Waals surface area contributed by atoms with E-state index < -0.39 is 23.0 Å². The molecule has 0 unspecified atom stereocenters. The van der Waals surface area contributed by atoms with Gasteiger partial charge in [0.05, 0.1) is 10.9 Å². The predicted molar refractivity (Wildman–Crippen MR) is 150 cm³/mol. The summed E-state index contributed by atoms with van der Waals surface area (Å²) in [5.41, 5.74) is 1.07. The lowest BCUT2D eigenvalue weighted by Gasteiger charge is -2.23. The van der Waals surface area contributed by atoms with Gasteiger partial charge in [-0.15, -0.1) is 0 Å². The van der Waals surface area contributed by atoms with E-state index in [2.05, 4.69) is 15.6 Å². The summed E-state index contributed by atoms with van der Waals surface area (Å²) in [5, 5.41) is 14.8. The highest BCUT2D eigenvalue weighted by Gasteiger charge is 2.56. The van der Waals surface area contributed by atoms with Crippen LogP contribution in [0.5, 0.6) is 28.7 Å². The van der Waals surface area contributed by atoms with Crippen molar-refractivity contribution in [3.05, 3.63) is 72.2 Å². The van der Waals surface area contributed by atoms with E-state index in [1.165, 1.54) is 18.3 Å². The number of nitrogens with zero attached hydrogens (tertiary/aromatic N) is 2. The summed E-state index contributed by atoms with van der Waals surface area (Å²) in [6, 6.07) is 16.4. The first-order chi connectivity index (χ1) is 20.4. The van der Waals surface area contributed by atoms with Gasteiger partial charge in [0.1, 0.15) is 30.4 Å². The molecule has 2 aliphatic rings. The minimum Gasteiger partial charge on any atom is -0.485 e. The Kier molecular flexibility index (Phi) is 6.96. The molecule has 1 aliphatic heterocycles. The topological polar surface area (TPSA) is 132 Å². The Bertz CT molecular complexity index is 1750. The van der Waals surface area contributed by atoms with Gasteiger partial charge in [-0.2, -0.15) is 5.26 Å². The zero-order valence-electron chi connectivity index (χ0n) is 22.5. The average molecular weight is 569 g/mol. The number of carbonyl (C=O) groups is 2. The molecule has 3 aromatic carbocycles. The second kappa shape index (κ2) is 10.9. The van der Waals surface area contributed by atoms with Gasteiger partial charge in [0, 0.05) is 29.7 Å². The molecule has 6 rings (SSSR count). The number of nitriles is 1. The minimum atomic E-state index is -1.20. The number of amides is 2. The fraction of sp³-hybridized carbons (Fsp3) is 0.226. The van der Waals surface area contributed by atoms with Gasteiger partial charge in [-0.3, -0.25) is 14.6 Å². The first kappa shape index (κ1) is 26.8. The fourth-order valence-corrected chi connectivity index (χ4v) is 4.68. The van der Waals surface area contributed by atoms with Gasteiger partial charge < -0.3 is 29.6 Å². The third kappa shape index (κ3) is 5.10. The van der Waals surface area contributed by atoms with Gasteiger partial charge in [-0.05, 0) is 50.1 Å². The third-order valence-electron chi connectivity index (χ3n) is 7.07. The highest BCUT2D eigenvalue weighted by Crippen LogP contribution is 2.49. The Hall–Kier alpha value is -5.37. The number of aromatic nitrogens is 1. The van der Waals surface area contributed by atoms with Gasteiger partial charge in [0.15, 0.2) is 29.7 Å². The van der Waals surface area contributed by atoms with E-state index in [9.17, 15) is 9.59 Å². The van der Waals surface area contributed by atoms with Crippen LogP contribution in [0.4, 0.5) is 15.8 Å². The number of pyridine rings is 1. The number of nitrogens with one attached hydrogen (secondary N) is 2. The normalized spacial score (nSPS) is 14.4. The Morgan fingerprint density at radius 2 is 1.64 bits per heavy atom. The number of benzene rings is 3. The number of hydrogen-bond acceptors (Lipinski definition) is 8. The quantitative estimate of drug-likeness (QED) is 0.266. The zero-order valence-corrected chi connectivity index (χ0v) is 22.5. The molecule has 212 valence electrons. The number of halogens is 1. The maximum Gasteiger partial charge on any atom is 0.240 e. The highest BCUT2D eigenvalue weighted by atomic mass is 19.1. The lowest BCUT2D eigenvalue weighted by atomic mass is 10.0. The molecular weight excluding hydrogens is 543 g/mol. The van der Waals surface area contributed by atoms with E-state index in [4.69, 9.17) is 24.2 Å². The van der Waals surface area contributed by atoms with Crippen molar-refractivity contribution in [1.82, 2.24) is 4.98 Å². The fourth-order valence-electron chi connectivity index (χ4n) is 4.68. The van der Waals surface area contributed by atoms with Crippen LogP contribution < -0.4 is 29.6 Å². The van der Waals surface area contributed by atoms with Crippen molar-refractivity contribution < 1.29 is 32.9 Å². The Morgan fingerprint density at radius 3 is 2.33 bits per heavy atom. The zero-order chi connectivity index (χ0) is 29.3. The number of ether oxygens (including phenoxy) is 4. The van der Waals surface area contributed by atoms with Crippen molar-refractivity contribution >= 4 is 34.1 Å². The summed E-state index contributed by atoms with van der Waals surface area (Å²) in [4.78, 5) is 30.3. The standard InChI is InChI=1S/C31H25FN4O6/c1-18-2-4-19(5-3-18)35-29(37)31(9-10-31)30(38)36-20-6-7-23(21(32)16-20)42-24-8-12-34-22-17-25(39-13-11-33)27-28(26(22)24)41-15-14-40-27/h2-8,12,16-17H,9-10,13-15H2,1H3,(H,35,37)(H,36,38). The second-order valence-corrected chi connectivity index (χ2v) is 9.98. The number of anilines is 2. The van der Waals surface area contributed by atoms with Gasteiger partial charge in [-0.25, -0.2) is 4.39 Å². The first-order valence-corrected chi connectivity index (χ1v) is 13.3. The van der Waals surface area contributed by atoms with Gasteiger partial charge in [0.2, 0.25) is 17.6 Å². The monoisotopic (exact) mass is 568 g/mol. The summed E-state index contributed by atoms with van der Waals surface area (Å²) in [6.07, 6.45) is 2.29. The van der Waals surface area contributed by atoms with Gasteiger partial charge in [0.25, 0.3) is 0 Å². The van der Waals surface area contributed by atoms with E-state index in [1.54, 1.807) is 24.3 Å². The van der Waals surface area contributed by atoms with Crippen molar-refractivity contribution in [2.45, 2.75) is 19.8 Å². The van der Waals surface area contributed by atoms with Crippen LogP contribution in [0.25, 0.3) is 10.9 Å². The van der Waals surface area contributed by atoms with E-state index >= 15 is 4.39 Å². The summed E-state index contributed by atoms with van der Waals surface area (Å²) in [5.74, 6) is -0.549. The molecule has 0 spiro atoms. The minimum absolute atomic E-state index is 0.103. The number of rotatable bonds is 8. The van der Waals surface area contributed by atoms with E-state index in [-0.39, 0.29) is 37.0 Å². The van der Waals surface area contributed by atoms with Crippen molar-refractivity contribution in [1.29, 1.82) is 5.26 Å². The molecule has 0 saturated heterocycles. The molecule has 2 N–H and O–H groups in total. The molecule has 1 saturated carbocycles. The number of hydrogen-bond donors (Lipinski definition) is 2. The summed E-state index contributed by atoms with van der Waals surface area (Å²) in [6.45, 7) is 2.31. The molecule has 10 nitrogen and oxygen atoms in total.